The summed E-state index contributed by atoms with van der Waals surface area (Å²) in [6, 6.07) is 6.24. The summed E-state index contributed by atoms with van der Waals surface area (Å²) in [7, 11) is 3.92. The number of fused-ring (bicyclic) bond motifs is 3. The Bertz CT molecular complexity index is 869. The highest BCUT2D eigenvalue weighted by Crippen LogP contribution is 2.51. The van der Waals surface area contributed by atoms with Crippen molar-refractivity contribution < 1.29 is 19.4 Å². The fourth-order valence-electron chi connectivity index (χ4n) is 6.44. The molecule has 2 fully saturated rings. The number of ether oxygens (including phenoxy) is 1. The van der Waals surface area contributed by atoms with E-state index in [1.54, 1.807) is 11.9 Å². The van der Waals surface area contributed by atoms with Gasteiger partial charge in [0.2, 0.25) is 5.91 Å². The maximum Gasteiger partial charge on any atom is 0.253 e. The first-order valence-corrected chi connectivity index (χ1v) is 13.0. The molecule has 1 saturated heterocycles. The molecule has 34 heavy (non-hydrogen) atoms. The van der Waals surface area contributed by atoms with Gasteiger partial charge < -0.3 is 25.0 Å². The van der Waals surface area contributed by atoms with E-state index in [-0.39, 0.29) is 24.5 Å². The number of carbonyl (C=O) groups excluding carboxylic acids is 2. The van der Waals surface area contributed by atoms with Crippen molar-refractivity contribution in [1.82, 2.24) is 10.2 Å². The Morgan fingerprint density at radius 3 is 2.68 bits per heavy atom. The number of amides is 2. The van der Waals surface area contributed by atoms with Crippen molar-refractivity contribution >= 4 is 17.5 Å². The van der Waals surface area contributed by atoms with Crippen LogP contribution in [0.4, 0.5) is 5.69 Å². The normalized spacial score (nSPS) is 25.4. The average molecular weight is 472 g/mol. The molecule has 0 radical (unpaired) electrons. The Kier molecular flexibility index (Phi) is 8.14. The number of aliphatic hydroxyl groups is 1. The van der Waals surface area contributed by atoms with E-state index >= 15 is 0 Å². The van der Waals surface area contributed by atoms with Gasteiger partial charge in [-0.1, -0.05) is 0 Å². The molecule has 1 aliphatic carbocycles. The smallest absolute Gasteiger partial charge is 0.253 e. The van der Waals surface area contributed by atoms with Crippen LogP contribution >= 0.6 is 0 Å². The highest BCUT2D eigenvalue weighted by molar-refractivity contribution is 5.95. The third kappa shape index (κ3) is 5.10. The fourth-order valence-corrected chi connectivity index (χ4v) is 6.44. The lowest BCUT2D eigenvalue weighted by Gasteiger charge is -2.40. The Balaban J connectivity index is 1.48. The predicted molar refractivity (Wildman–Crippen MR) is 133 cm³/mol. The van der Waals surface area contributed by atoms with Crippen molar-refractivity contribution in [2.75, 3.05) is 45.4 Å². The molecular formula is C27H41N3O4. The van der Waals surface area contributed by atoms with Gasteiger partial charge in [0.25, 0.3) is 5.91 Å². The van der Waals surface area contributed by atoms with Crippen molar-refractivity contribution in [3.8, 4) is 0 Å². The van der Waals surface area contributed by atoms with Crippen LogP contribution in [0.2, 0.25) is 0 Å². The molecule has 1 saturated carbocycles. The van der Waals surface area contributed by atoms with Crippen LogP contribution in [0.3, 0.4) is 0 Å². The molecule has 1 aromatic carbocycles. The van der Waals surface area contributed by atoms with E-state index < -0.39 is 0 Å². The minimum Gasteiger partial charge on any atom is -0.394 e. The maximum absolute atomic E-state index is 13.4. The topological polar surface area (TPSA) is 82.1 Å². The first-order chi connectivity index (χ1) is 16.4. The number of nitrogens with one attached hydrogen (secondary N) is 1. The molecule has 2 N–H and O–H groups in total. The summed E-state index contributed by atoms with van der Waals surface area (Å²) in [5.41, 5.74) is 3.21. The summed E-state index contributed by atoms with van der Waals surface area (Å²) in [4.78, 5) is 29.2. The quantitative estimate of drug-likeness (QED) is 0.609. The number of nitrogens with zero attached hydrogens (tertiary/aromatic N) is 2. The van der Waals surface area contributed by atoms with Gasteiger partial charge in [-0.2, -0.15) is 0 Å². The first kappa shape index (κ1) is 25.0. The molecule has 0 bridgehead atoms. The maximum atomic E-state index is 13.4. The van der Waals surface area contributed by atoms with Gasteiger partial charge in [-0.3, -0.25) is 9.59 Å². The second kappa shape index (κ2) is 11.1. The average Bonchev–Trinajstić information content (AvgIpc) is 3.15. The molecule has 2 amide bonds. The van der Waals surface area contributed by atoms with Gasteiger partial charge >= 0.3 is 0 Å². The third-order valence-corrected chi connectivity index (χ3v) is 8.50. The van der Waals surface area contributed by atoms with E-state index in [0.29, 0.717) is 36.9 Å². The molecule has 4 atom stereocenters. The number of carbonyl (C=O) groups is 2. The van der Waals surface area contributed by atoms with Crippen LogP contribution in [0.15, 0.2) is 18.2 Å². The van der Waals surface area contributed by atoms with Crippen molar-refractivity contribution in [2.24, 2.45) is 11.8 Å². The zero-order valence-corrected chi connectivity index (χ0v) is 21.0. The third-order valence-electron chi connectivity index (χ3n) is 8.50. The molecule has 188 valence electrons. The molecule has 2 aliphatic heterocycles. The second-order valence-corrected chi connectivity index (χ2v) is 10.3. The van der Waals surface area contributed by atoms with Crippen LogP contribution in [0.1, 0.15) is 73.7 Å². The zero-order valence-electron chi connectivity index (χ0n) is 21.0. The van der Waals surface area contributed by atoms with Crippen LogP contribution in [-0.2, 0) is 9.53 Å². The largest absolute Gasteiger partial charge is 0.394 e. The van der Waals surface area contributed by atoms with E-state index in [4.69, 9.17) is 4.74 Å². The summed E-state index contributed by atoms with van der Waals surface area (Å²) in [5, 5.41) is 12.7. The van der Waals surface area contributed by atoms with Gasteiger partial charge in [0.15, 0.2) is 0 Å². The SMILES string of the molecule is CCNC(=O)CC[C@@H](CO)N(C)C(=O)c1ccc2c(c1)C1C[C@H](C3CCOCC3)CCC1N2C. The lowest BCUT2D eigenvalue weighted by molar-refractivity contribution is -0.121. The Hall–Kier alpha value is -2.12. The molecule has 2 heterocycles. The zero-order chi connectivity index (χ0) is 24.2. The molecule has 1 aromatic rings. The second-order valence-electron chi connectivity index (χ2n) is 10.3. The molecule has 3 aliphatic rings. The summed E-state index contributed by atoms with van der Waals surface area (Å²) in [5.74, 6) is 1.81. The summed E-state index contributed by atoms with van der Waals surface area (Å²) in [6.45, 7) is 4.09. The van der Waals surface area contributed by atoms with E-state index in [9.17, 15) is 14.7 Å². The molecule has 2 unspecified atom stereocenters. The minimum atomic E-state index is -0.383. The molecule has 0 spiro atoms. The minimum absolute atomic E-state index is 0.0511. The van der Waals surface area contributed by atoms with Crippen LogP contribution in [0.25, 0.3) is 0 Å². The highest BCUT2D eigenvalue weighted by atomic mass is 16.5. The Morgan fingerprint density at radius 2 is 1.97 bits per heavy atom. The summed E-state index contributed by atoms with van der Waals surface area (Å²) >= 11 is 0. The molecule has 0 aromatic heterocycles. The fraction of sp³-hybridized carbons (Fsp3) is 0.704. The van der Waals surface area contributed by atoms with Gasteiger partial charge in [-0.15, -0.1) is 0 Å². The standard InChI is InChI=1S/C27H41N3O4/c1-4-28-26(32)10-7-21(17-31)29(2)27(33)20-6-9-25-23(16-20)22-15-19(5-8-24(22)30(25)3)18-11-13-34-14-12-18/h6,9,16,18-19,21-22,24,31H,4-5,7-8,10-15,17H2,1-3H3,(H,28,32)/t19-,21+,22?,24?/m1/s1. The number of hydrogen-bond donors (Lipinski definition) is 2. The summed E-state index contributed by atoms with van der Waals surface area (Å²) in [6.07, 6.45) is 6.75. The van der Waals surface area contributed by atoms with Crippen LogP contribution in [-0.4, -0.2) is 74.4 Å². The van der Waals surface area contributed by atoms with Gasteiger partial charge in [-0.05, 0) is 81.0 Å². The van der Waals surface area contributed by atoms with Gasteiger partial charge in [0.05, 0.1) is 12.6 Å². The number of aliphatic hydroxyl groups excluding tert-OH is 1. The van der Waals surface area contributed by atoms with Crippen molar-refractivity contribution in [3.05, 3.63) is 29.3 Å². The molecular weight excluding hydrogens is 430 g/mol. The lowest BCUT2D eigenvalue weighted by Crippen LogP contribution is -2.40. The Morgan fingerprint density at radius 1 is 1.21 bits per heavy atom. The predicted octanol–water partition coefficient (Wildman–Crippen LogP) is 3.16. The monoisotopic (exact) mass is 471 g/mol. The van der Waals surface area contributed by atoms with Gasteiger partial charge in [0, 0.05) is 63.5 Å². The molecule has 4 rings (SSSR count). The van der Waals surface area contributed by atoms with E-state index in [1.165, 1.54) is 43.4 Å². The van der Waals surface area contributed by atoms with Crippen LogP contribution in [0, 0.1) is 11.8 Å². The van der Waals surface area contributed by atoms with E-state index in [1.807, 2.05) is 13.0 Å². The van der Waals surface area contributed by atoms with Crippen LogP contribution < -0.4 is 10.2 Å². The Labute approximate surface area is 203 Å². The van der Waals surface area contributed by atoms with E-state index in [2.05, 4.69) is 29.4 Å². The lowest BCUT2D eigenvalue weighted by atomic mass is 9.70. The van der Waals surface area contributed by atoms with E-state index in [0.717, 1.165) is 25.0 Å². The number of rotatable bonds is 8. The molecule has 7 nitrogen and oxygen atoms in total. The number of benzene rings is 1. The van der Waals surface area contributed by atoms with Gasteiger partial charge in [0.1, 0.15) is 0 Å². The van der Waals surface area contributed by atoms with Crippen LogP contribution in [0.5, 0.6) is 0 Å². The first-order valence-electron chi connectivity index (χ1n) is 13.0. The summed E-state index contributed by atoms with van der Waals surface area (Å²) < 4.78 is 5.60. The number of hydrogen-bond acceptors (Lipinski definition) is 5. The highest BCUT2D eigenvalue weighted by Gasteiger charge is 2.43. The number of anilines is 1. The van der Waals surface area contributed by atoms with Crippen molar-refractivity contribution in [1.29, 1.82) is 0 Å². The van der Waals surface area contributed by atoms with Crippen molar-refractivity contribution in [2.45, 2.75) is 69.9 Å². The van der Waals surface area contributed by atoms with Crippen molar-refractivity contribution in [3.63, 3.8) is 0 Å². The number of likely N-dealkylation sites (N-methyl/N-ethyl adjacent to an activating group) is 2. The molecule has 7 heteroatoms. The van der Waals surface area contributed by atoms with Gasteiger partial charge in [-0.25, -0.2) is 0 Å².